The Balaban J connectivity index is 1.72. The Morgan fingerprint density at radius 2 is 1.03 bits per heavy atom. The first-order valence-corrected chi connectivity index (χ1v) is 10.1. The van der Waals surface area contributed by atoms with Crippen molar-refractivity contribution in [1.82, 2.24) is 0 Å². The van der Waals surface area contributed by atoms with Gasteiger partial charge in [-0.25, -0.2) is 30.7 Å². The lowest BCUT2D eigenvalue weighted by Gasteiger charge is -2.20. The molecule has 0 bridgehead atoms. The van der Waals surface area contributed by atoms with E-state index in [1.807, 2.05) is 0 Å². The largest absolute Gasteiger partial charge is 0.432 e. The maximum absolute atomic E-state index is 14.8. The minimum Gasteiger partial charge on any atom is -0.429 e. The van der Waals surface area contributed by atoms with Crippen LogP contribution in [0.3, 0.4) is 0 Å². The summed E-state index contributed by atoms with van der Waals surface area (Å²) < 4.78 is 132. The molecular weight excluding hydrogens is 499 g/mol. The van der Waals surface area contributed by atoms with Crippen molar-refractivity contribution in [3.8, 4) is 28.0 Å². The highest BCUT2D eigenvalue weighted by atomic mass is 19.3. The highest BCUT2D eigenvalue weighted by Gasteiger charge is 2.41. The minimum absolute atomic E-state index is 0.0104. The maximum Gasteiger partial charge on any atom is 0.432 e. The zero-order valence-corrected chi connectivity index (χ0v) is 18.1. The van der Waals surface area contributed by atoms with Crippen LogP contribution < -0.4 is 4.74 Å². The van der Waals surface area contributed by atoms with E-state index in [-0.39, 0.29) is 23.3 Å². The molecule has 186 valence electrons. The van der Waals surface area contributed by atoms with Gasteiger partial charge in [0.15, 0.2) is 0 Å². The van der Waals surface area contributed by atoms with Crippen LogP contribution in [0.15, 0.2) is 60.7 Å². The zero-order chi connectivity index (χ0) is 26.4. The molecule has 10 heteroatoms. The lowest BCUT2D eigenvalue weighted by Crippen LogP contribution is -2.25. The SMILES string of the molecule is Cc1c(F)cc(OC(F)(F)c2c(F)cc(-c3c(F)cc(-c4ccc(F)cc4)cc3F)cc2F)cc1F. The van der Waals surface area contributed by atoms with Crippen LogP contribution in [0.5, 0.6) is 5.75 Å². The van der Waals surface area contributed by atoms with E-state index in [9.17, 15) is 39.5 Å². The third-order valence-corrected chi connectivity index (χ3v) is 5.34. The summed E-state index contributed by atoms with van der Waals surface area (Å²) in [5.74, 6) is -10.5. The lowest BCUT2D eigenvalue weighted by atomic mass is 9.97. The second-order valence-electron chi connectivity index (χ2n) is 7.77. The smallest absolute Gasteiger partial charge is 0.429 e. The van der Waals surface area contributed by atoms with Crippen LogP contribution in [0.25, 0.3) is 22.3 Å². The highest BCUT2D eigenvalue weighted by Crippen LogP contribution is 2.39. The van der Waals surface area contributed by atoms with Crippen LogP contribution in [0.1, 0.15) is 11.1 Å². The molecule has 0 fully saturated rings. The van der Waals surface area contributed by atoms with Gasteiger partial charge in [-0.15, -0.1) is 0 Å². The quantitative estimate of drug-likeness (QED) is 0.244. The molecular formula is C26H13F9O. The highest BCUT2D eigenvalue weighted by molar-refractivity contribution is 5.72. The Hall–Kier alpha value is -3.95. The van der Waals surface area contributed by atoms with E-state index in [1.54, 1.807) is 0 Å². The fourth-order valence-electron chi connectivity index (χ4n) is 3.53. The first kappa shape index (κ1) is 25.2. The van der Waals surface area contributed by atoms with Crippen LogP contribution in [0, 0.1) is 47.6 Å². The van der Waals surface area contributed by atoms with Gasteiger partial charge in [0.25, 0.3) is 0 Å². The summed E-state index contributed by atoms with van der Waals surface area (Å²) in [6.07, 6.45) is -4.75. The molecule has 4 rings (SSSR count). The normalized spacial score (nSPS) is 11.6. The van der Waals surface area contributed by atoms with Gasteiger partial charge in [0.1, 0.15) is 52.0 Å². The fourth-order valence-corrected chi connectivity index (χ4v) is 3.53. The molecule has 0 saturated carbocycles. The number of ether oxygens (including phenoxy) is 1. The van der Waals surface area contributed by atoms with Crippen LogP contribution >= 0.6 is 0 Å². The van der Waals surface area contributed by atoms with Crippen LogP contribution in [0.2, 0.25) is 0 Å². The van der Waals surface area contributed by atoms with Gasteiger partial charge in [-0.1, -0.05) is 12.1 Å². The third kappa shape index (κ3) is 4.75. The Morgan fingerprint density at radius 1 is 0.556 bits per heavy atom. The number of benzene rings is 4. The van der Waals surface area contributed by atoms with Crippen molar-refractivity contribution in [3.63, 3.8) is 0 Å². The van der Waals surface area contributed by atoms with Crippen molar-refractivity contribution in [1.29, 1.82) is 0 Å². The monoisotopic (exact) mass is 512 g/mol. The van der Waals surface area contributed by atoms with Gasteiger partial charge < -0.3 is 4.74 Å². The Labute approximate surface area is 198 Å². The zero-order valence-electron chi connectivity index (χ0n) is 18.1. The summed E-state index contributed by atoms with van der Waals surface area (Å²) in [5, 5.41) is 0. The van der Waals surface area contributed by atoms with Crippen molar-refractivity contribution >= 4 is 0 Å². The molecule has 0 saturated heterocycles. The van der Waals surface area contributed by atoms with Gasteiger partial charge >= 0.3 is 6.11 Å². The molecule has 4 aromatic carbocycles. The molecule has 0 radical (unpaired) electrons. The lowest BCUT2D eigenvalue weighted by molar-refractivity contribution is -0.189. The number of hydrogen-bond donors (Lipinski definition) is 0. The van der Waals surface area contributed by atoms with Crippen molar-refractivity contribution in [2.75, 3.05) is 0 Å². The number of halogens is 9. The average molecular weight is 512 g/mol. The predicted molar refractivity (Wildman–Crippen MR) is 113 cm³/mol. The minimum atomic E-state index is -4.75. The third-order valence-electron chi connectivity index (χ3n) is 5.34. The molecule has 0 heterocycles. The number of rotatable bonds is 5. The van der Waals surface area contributed by atoms with Gasteiger partial charge in [-0.2, -0.15) is 8.78 Å². The topological polar surface area (TPSA) is 9.23 Å². The van der Waals surface area contributed by atoms with E-state index < -0.39 is 74.8 Å². The summed E-state index contributed by atoms with van der Waals surface area (Å²) in [6, 6.07) is 7.63. The van der Waals surface area contributed by atoms with E-state index in [1.165, 1.54) is 12.1 Å². The number of alkyl halides is 2. The van der Waals surface area contributed by atoms with Gasteiger partial charge in [-0.05, 0) is 60.0 Å². The first-order valence-electron chi connectivity index (χ1n) is 10.1. The predicted octanol–water partition coefficient (Wildman–Crippen LogP) is 8.43. The van der Waals surface area contributed by atoms with Gasteiger partial charge in [0.05, 0.1) is 5.56 Å². The van der Waals surface area contributed by atoms with Crippen LogP contribution in [-0.4, -0.2) is 0 Å². The van der Waals surface area contributed by atoms with Gasteiger partial charge in [-0.3, -0.25) is 0 Å². The summed E-state index contributed by atoms with van der Waals surface area (Å²) in [4.78, 5) is 0. The van der Waals surface area contributed by atoms with Crippen LogP contribution in [-0.2, 0) is 6.11 Å². The maximum atomic E-state index is 14.8. The molecule has 0 atom stereocenters. The molecule has 0 aliphatic heterocycles. The molecule has 36 heavy (non-hydrogen) atoms. The first-order chi connectivity index (χ1) is 16.9. The van der Waals surface area contributed by atoms with Gasteiger partial charge in [0, 0.05) is 17.7 Å². The van der Waals surface area contributed by atoms with Crippen molar-refractivity contribution < 1.29 is 44.3 Å². The van der Waals surface area contributed by atoms with Crippen molar-refractivity contribution in [3.05, 3.63) is 113 Å². The Morgan fingerprint density at radius 3 is 1.53 bits per heavy atom. The van der Waals surface area contributed by atoms with Crippen molar-refractivity contribution in [2.45, 2.75) is 13.0 Å². The second-order valence-corrected chi connectivity index (χ2v) is 7.77. The molecule has 4 aromatic rings. The Kier molecular flexibility index (Phi) is 6.46. The van der Waals surface area contributed by atoms with E-state index in [2.05, 4.69) is 4.74 Å². The molecule has 0 aliphatic carbocycles. The Bertz CT molecular complexity index is 1390. The average Bonchev–Trinajstić information content (AvgIpc) is 2.76. The number of hydrogen-bond acceptors (Lipinski definition) is 1. The standard InChI is InChI=1S/C26H13F9O/c1-12-18(28)10-17(11-19(12)29)36-26(34,35)25-22(32)8-15(9-23(25)33)24-20(30)6-14(7-21(24)31)13-2-4-16(27)5-3-13/h2-11H,1H3. The van der Waals surface area contributed by atoms with E-state index >= 15 is 0 Å². The molecule has 0 spiro atoms. The van der Waals surface area contributed by atoms with E-state index in [0.29, 0.717) is 12.1 Å². The van der Waals surface area contributed by atoms with Gasteiger partial charge in [0.2, 0.25) is 0 Å². The molecule has 0 aliphatic rings. The van der Waals surface area contributed by atoms with Crippen LogP contribution in [0.4, 0.5) is 39.5 Å². The van der Waals surface area contributed by atoms with Crippen molar-refractivity contribution in [2.24, 2.45) is 0 Å². The summed E-state index contributed by atoms with van der Waals surface area (Å²) in [6.45, 7) is 1.04. The fraction of sp³-hybridized carbons (Fsp3) is 0.0769. The second kappa shape index (κ2) is 9.25. The summed E-state index contributed by atoms with van der Waals surface area (Å²) >= 11 is 0. The molecule has 0 N–H and O–H groups in total. The summed E-state index contributed by atoms with van der Waals surface area (Å²) in [7, 11) is 0. The molecule has 1 nitrogen and oxygen atoms in total. The summed E-state index contributed by atoms with van der Waals surface area (Å²) in [5.41, 5.74) is -3.83. The van der Waals surface area contributed by atoms with E-state index in [0.717, 1.165) is 31.2 Å². The van der Waals surface area contributed by atoms with E-state index in [4.69, 9.17) is 0 Å². The molecule has 0 aromatic heterocycles. The molecule has 0 amide bonds. The molecule has 0 unspecified atom stereocenters.